The summed E-state index contributed by atoms with van der Waals surface area (Å²) in [6, 6.07) is 0. The molecule has 1 fully saturated rings. The molecule has 1 atom stereocenters. The second-order valence-electron chi connectivity index (χ2n) is 6.58. The van der Waals surface area contributed by atoms with Crippen LogP contribution in [0.15, 0.2) is 23.1 Å². The van der Waals surface area contributed by atoms with Gasteiger partial charge >= 0.3 is 0 Å². The van der Waals surface area contributed by atoms with Gasteiger partial charge in [0, 0.05) is 30.3 Å². The molecule has 7 nitrogen and oxygen atoms in total. The van der Waals surface area contributed by atoms with Crippen molar-refractivity contribution in [1.82, 2.24) is 24.4 Å². The van der Waals surface area contributed by atoms with Gasteiger partial charge in [-0.3, -0.25) is 4.68 Å². The number of aromatic nitrogens is 5. The van der Waals surface area contributed by atoms with E-state index in [0.29, 0.717) is 5.82 Å². The van der Waals surface area contributed by atoms with Gasteiger partial charge < -0.3 is 5.73 Å². The average Bonchev–Trinajstić information content (AvgIpc) is 3.32. The van der Waals surface area contributed by atoms with E-state index in [9.17, 15) is 5.26 Å². The number of nitrogen functional groups attached to an aromatic ring is 1. The predicted molar refractivity (Wildman–Crippen MR) is 112 cm³/mol. The van der Waals surface area contributed by atoms with Gasteiger partial charge in [-0.05, 0) is 28.3 Å². The summed E-state index contributed by atoms with van der Waals surface area (Å²) in [4.78, 5) is 4.90. The molecule has 1 aliphatic heterocycles. The van der Waals surface area contributed by atoms with Crippen LogP contribution in [0, 0.1) is 11.2 Å². The van der Waals surface area contributed by atoms with Crippen LogP contribution in [0.3, 0.4) is 0 Å². The van der Waals surface area contributed by atoms with Crippen LogP contribution in [-0.2, 0) is 7.05 Å². The maximum atomic E-state index is 9.28. The number of fused-ring (bicyclic) bond motifs is 1. The molecule has 1 saturated heterocycles. The Morgan fingerprint density at radius 3 is 2.78 bits per heavy atom. The Morgan fingerprint density at radius 2 is 2.11 bits per heavy atom. The number of nitrogens with two attached hydrogens (primary N) is 1. The van der Waals surface area contributed by atoms with Crippen molar-refractivity contribution in [3.8, 4) is 17.1 Å². The summed E-state index contributed by atoms with van der Waals surface area (Å²) in [7, 11) is 1.88. The third kappa shape index (κ3) is 3.58. The highest BCUT2D eigenvalue weighted by atomic mass is 79.9. The Hall–Kier alpha value is -2.34. The Bertz CT molecular complexity index is 988. The van der Waals surface area contributed by atoms with E-state index in [1.807, 2.05) is 27.1 Å². The molecular formula is C18H23BBrN7. The smallest absolute Gasteiger partial charge is 0.268 e. The van der Waals surface area contributed by atoms with E-state index >= 15 is 0 Å². The lowest BCUT2D eigenvalue weighted by Gasteiger charge is -2.24. The lowest BCUT2D eigenvalue weighted by Crippen LogP contribution is -2.21. The summed E-state index contributed by atoms with van der Waals surface area (Å²) >= 11 is 3.60. The van der Waals surface area contributed by atoms with Crippen LogP contribution in [0.4, 0.5) is 5.82 Å². The molecule has 0 spiro atoms. The zero-order valence-corrected chi connectivity index (χ0v) is 17.4. The molecule has 4 rings (SSSR count). The standard InChI is InChI=1S/C16H17BBrN7.C2H6/c1-24-8-11(6-21-24)12-7-22-25-15(20)13(18)14(23-16(12)25)10-3-2-4-17(5-10)9-19;1-2/h6-8,10H,2-5,20H2,1H3;1-2H3. The largest absolute Gasteiger partial charge is 0.383 e. The minimum Gasteiger partial charge on any atom is -0.383 e. The fraction of sp³-hybridized carbons (Fsp3) is 0.444. The SMILES string of the molecule is CC.Cn1cc(-c2cnn3c(N)c(Br)c(C4CCCB(C#N)C4)nc23)cn1. The molecule has 27 heavy (non-hydrogen) atoms. The first-order valence-electron chi connectivity index (χ1n) is 9.29. The number of hydrogen-bond acceptors (Lipinski definition) is 5. The third-order valence-electron chi connectivity index (χ3n) is 4.91. The van der Waals surface area contributed by atoms with Gasteiger partial charge in [-0.1, -0.05) is 32.9 Å². The van der Waals surface area contributed by atoms with Gasteiger partial charge in [-0.2, -0.15) is 14.7 Å². The Balaban J connectivity index is 0.00000102. The van der Waals surface area contributed by atoms with Crippen molar-refractivity contribution in [2.75, 3.05) is 5.73 Å². The third-order valence-corrected chi connectivity index (χ3v) is 5.72. The molecule has 3 aromatic heterocycles. The van der Waals surface area contributed by atoms with Gasteiger partial charge in [0.05, 0.1) is 22.6 Å². The number of nitrogens with zero attached hydrogens (tertiary/aromatic N) is 6. The highest BCUT2D eigenvalue weighted by Crippen LogP contribution is 2.39. The van der Waals surface area contributed by atoms with Gasteiger partial charge in [0.1, 0.15) is 5.82 Å². The van der Waals surface area contributed by atoms with E-state index in [4.69, 9.17) is 10.7 Å². The predicted octanol–water partition coefficient (Wildman–Crippen LogP) is 3.94. The topological polar surface area (TPSA) is 97.8 Å². The van der Waals surface area contributed by atoms with Gasteiger partial charge in [-0.15, -0.1) is 0 Å². The van der Waals surface area contributed by atoms with Crippen LogP contribution < -0.4 is 5.73 Å². The highest BCUT2D eigenvalue weighted by molar-refractivity contribution is 9.10. The number of anilines is 1. The van der Waals surface area contributed by atoms with E-state index in [1.54, 1.807) is 21.6 Å². The number of nitriles is 1. The molecule has 0 saturated carbocycles. The molecule has 3 aromatic rings. The van der Waals surface area contributed by atoms with E-state index < -0.39 is 0 Å². The van der Waals surface area contributed by atoms with Crippen LogP contribution >= 0.6 is 15.9 Å². The molecule has 2 N–H and O–H groups in total. The summed E-state index contributed by atoms with van der Waals surface area (Å²) < 4.78 is 4.19. The monoisotopic (exact) mass is 427 g/mol. The molecule has 0 aliphatic carbocycles. The second-order valence-corrected chi connectivity index (χ2v) is 7.38. The molecule has 0 amide bonds. The summed E-state index contributed by atoms with van der Waals surface area (Å²) in [5, 5.41) is 17.9. The Labute approximate surface area is 167 Å². The Morgan fingerprint density at radius 1 is 1.33 bits per heavy atom. The summed E-state index contributed by atoms with van der Waals surface area (Å²) in [6.45, 7) is 4.09. The van der Waals surface area contributed by atoms with E-state index in [1.165, 1.54) is 0 Å². The molecule has 4 heterocycles. The molecular weight excluding hydrogens is 405 g/mol. The van der Waals surface area contributed by atoms with Crippen molar-refractivity contribution in [2.24, 2.45) is 7.05 Å². The summed E-state index contributed by atoms with van der Waals surface area (Å²) in [6.07, 6.45) is 9.35. The fourth-order valence-corrected chi connectivity index (χ4v) is 4.18. The average molecular weight is 428 g/mol. The second kappa shape index (κ2) is 8.13. The minimum absolute atomic E-state index is 0.0904. The van der Waals surface area contributed by atoms with Crippen molar-refractivity contribution in [3.05, 3.63) is 28.8 Å². The van der Waals surface area contributed by atoms with Crippen molar-refractivity contribution < 1.29 is 0 Å². The number of aryl methyl sites for hydroxylation is 1. The molecule has 1 unspecified atom stereocenters. The summed E-state index contributed by atoms with van der Waals surface area (Å²) in [5.41, 5.74) is 9.83. The normalized spacial score (nSPS) is 16.7. The molecule has 0 radical (unpaired) electrons. The Kier molecular flexibility index (Phi) is 5.85. The van der Waals surface area contributed by atoms with Crippen LogP contribution in [-0.4, -0.2) is 31.1 Å². The van der Waals surface area contributed by atoms with Crippen molar-refractivity contribution in [2.45, 2.75) is 45.2 Å². The fourth-order valence-electron chi connectivity index (χ4n) is 3.60. The molecule has 9 heteroatoms. The van der Waals surface area contributed by atoms with E-state index in [0.717, 1.165) is 52.4 Å². The number of halogens is 1. The highest BCUT2D eigenvalue weighted by Gasteiger charge is 2.30. The molecule has 0 aromatic carbocycles. The van der Waals surface area contributed by atoms with Crippen LogP contribution in [0.5, 0.6) is 0 Å². The number of hydrogen-bond donors (Lipinski definition) is 1. The minimum atomic E-state index is 0.0904. The zero-order chi connectivity index (χ0) is 19.6. The lowest BCUT2D eigenvalue weighted by atomic mass is 9.41. The van der Waals surface area contributed by atoms with Crippen molar-refractivity contribution in [3.63, 3.8) is 0 Å². The number of rotatable bonds is 2. The van der Waals surface area contributed by atoms with Gasteiger partial charge in [0.25, 0.3) is 6.71 Å². The van der Waals surface area contributed by atoms with Crippen molar-refractivity contribution >= 4 is 34.1 Å². The van der Waals surface area contributed by atoms with Gasteiger partial charge in [-0.25, -0.2) is 10.2 Å². The van der Waals surface area contributed by atoms with E-state index in [-0.39, 0.29) is 12.6 Å². The molecule has 1 aliphatic rings. The van der Waals surface area contributed by atoms with Crippen molar-refractivity contribution in [1.29, 1.82) is 5.26 Å². The molecule has 140 valence electrons. The van der Waals surface area contributed by atoms with Gasteiger partial charge in [0.15, 0.2) is 5.65 Å². The van der Waals surface area contributed by atoms with Crippen LogP contribution in [0.2, 0.25) is 12.6 Å². The quantitative estimate of drug-likeness (QED) is 0.624. The lowest BCUT2D eigenvalue weighted by molar-refractivity contribution is 0.612. The maximum absolute atomic E-state index is 9.28. The van der Waals surface area contributed by atoms with Crippen LogP contribution in [0.1, 0.15) is 38.3 Å². The first-order chi connectivity index (χ1) is 13.1. The van der Waals surface area contributed by atoms with Crippen LogP contribution in [0.25, 0.3) is 16.8 Å². The summed E-state index contributed by atoms with van der Waals surface area (Å²) in [5.74, 6) is 3.18. The maximum Gasteiger partial charge on any atom is 0.268 e. The first kappa shape index (κ1) is 19.4. The van der Waals surface area contributed by atoms with E-state index in [2.05, 4.69) is 32.1 Å². The zero-order valence-electron chi connectivity index (χ0n) is 15.9. The van der Waals surface area contributed by atoms with Gasteiger partial charge in [0.2, 0.25) is 0 Å². The first-order valence-corrected chi connectivity index (χ1v) is 10.1. The molecule has 0 bridgehead atoms.